The minimum absolute atomic E-state index is 0.185. The van der Waals surface area contributed by atoms with Gasteiger partial charge in [0.2, 0.25) is 0 Å². The Morgan fingerprint density at radius 2 is 1.91 bits per heavy atom. The molecule has 1 aliphatic rings. The third-order valence-electron chi connectivity index (χ3n) is 4.21. The molecule has 2 aromatic rings. The van der Waals surface area contributed by atoms with E-state index >= 15 is 0 Å². The van der Waals surface area contributed by atoms with Gasteiger partial charge in [0, 0.05) is 56.8 Å². The number of pyridine rings is 2. The molecule has 0 N–H and O–H groups in total. The summed E-state index contributed by atoms with van der Waals surface area (Å²) >= 11 is 0. The number of ketones is 1. The number of rotatable bonds is 6. The lowest BCUT2D eigenvalue weighted by Crippen LogP contribution is -2.46. The molecule has 0 spiro atoms. The average molecular weight is 310 g/mol. The fourth-order valence-electron chi connectivity index (χ4n) is 2.88. The Balaban J connectivity index is 1.39. The van der Waals surface area contributed by atoms with Crippen molar-refractivity contribution in [3.05, 3.63) is 54.5 Å². The van der Waals surface area contributed by atoms with Gasteiger partial charge in [-0.25, -0.2) is 4.98 Å². The zero-order chi connectivity index (χ0) is 15.9. The molecule has 5 heteroatoms. The Hall–Kier alpha value is -2.27. The molecule has 0 unspecified atom stereocenters. The fraction of sp³-hybridized carbons (Fsp3) is 0.389. The number of aromatic nitrogens is 2. The first-order valence-electron chi connectivity index (χ1n) is 8.14. The zero-order valence-electron chi connectivity index (χ0n) is 13.3. The fourth-order valence-corrected chi connectivity index (χ4v) is 2.88. The molecule has 1 aliphatic heterocycles. The quantitative estimate of drug-likeness (QED) is 0.766. The molecule has 0 aromatic carbocycles. The summed E-state index contributed by atoms with van der Waals surface area (Å²) in [5.41, 5.74) is 0.715. The third kappa shape index (κ3) is 4.36. The van der Waals surface area contributed by atoms with Crippen molar-refractivity contribution >= 4 is 11.6 Å². The summed E-state index contributed by atoms with van der Waals surface area (Å²) in [6, 6.07) is 9.67. The van der Waals surface area contributed by atoms with Gasteiger partial charge >= 0.3 is 0 Å². The molecule has 0 radical (unpaired) electrons. The van der Waals surface area contributed by atoms with E-state index in [1.807, 2.05) is 30.5 Å². The summed E-state index contributed by atoms with van der Waals surface area (Å²) in [4.78, 5) is 25.2. The highest BCUT2D eigenvalue weighted by atomic mass is 16.1. The molecule has 0 saturated carbocycles. The minimum Gasteiger partial charge on any atom is -0.354 e. The lowest BCUT2D eigenvalue weighted by Gasteiger charge is -2.35. The first-order chi connectivity index (χ1) is 11.3. The second-order valence-electron chi connectivity index (χ2n) is 5.79. The van der Waals surface area contributed by atoms with Gasteiger partial charge in [-0.1, -0.05) is 6.07 Å². The topological polar surface area (TPSA) is 49.3 Å². The van der Waals surface area contributed by atoms with Gasteiger partial charge in [-0.3, -0.25) is 14.7 Å². The van der Waals surface area contributed by atoms with Crippen LogP contribution in [0.4, 0.5) is 5.82 Å². The Morgan fingerprint density at radius 3 is 2.61 bits per heavy atom. The molecule has 3 heterocycles. The molecule has 2 aromatic heterocycles. The molecule has 23 heavy (non-hydrogen) atoms. The molecule has 0 bridgehead atoms. The number of anilines is 1. The lowest BCUT2D eigenvalue weighted by molar-refractivity contribution is 0.0974. The van der Waals surface area contributed by atoms with Gasteiger partial charge in [-0.05, 0) is 37.2 Å². The first-order valence-corrected chi connectivity index (χ1v) is 8.14. The molecule has 0 aliphatic carbocycles. The molecule has 0 atom stereocenters. The zero-order valence-corrected chi connectivity index (χ0v) is 13.3. The maximum atomic E-state index is 12.0. The van der Waals surface area contributed by atoms with Gasteiger partial charge in [0.25, 0.3) is 0 Å². The highest BCUT2D eigenvalue weighted by molar-refractivity contribution is 5.95. The maximum Gasteiger partial charge on any atom is 0.164 e. The standard InChI is InChI=1S/C18H22N4O/c23-17(16-5-3-8-19-15-16)6-4-10-21-11-13-22(14-12-21)18-7-1-2-9-20-18/h1-3,5,7-9,15H,4,6,10-14H2. The van der Waals surface area contributed by atoms with Gasteiger partial charge in [0.05, 0.1) is 0 Å². The Bertz CT molecular complexity index is 609. The van der Waals surface area contributed by atoms with E-state index < -0.39 is 0 Å². The van der Waals surface area contributed by atoms with E-state index in [0.717, 1.165) is 45.0 Å². The smallest absolute Gasteiger partial charge is 0.164 e. The van der Waals surface area contributed by atoms with Crippen LogP contribution in [0.5, 0.6) is 0 Å². The summed E-state index contributed by atoms with van der Waals surface area (Å²) in [5.74, 6) is 1.24. The second kappa shape index (κ2) is 7.83. The molecule has 3 rings (SSSR count). The molecule has 1 fully saturated rings. The van der Waals surface area contributed by atoms with Crippen LogP contribution in [0, 0.1) is 0 Å². The van der Waals surface area contributed by atoms with Gasteiger partial charge < -0.3 is 4.90 Å². The maximum absolute atomic E-state index is 12.0. The van der Waals surface area contributed by atoms with Crippen molar-refractivity contribution < 1.29 is 4.79 Å². The monoisotopic (exact) mass is 310 g/mol. The van der Waals surface area contributed by atoms with Gasteiger partial charge in [0.1, 0.15) is 5.82 Å². The van der Waals surface area contributed by atoms with E-state index in [-0.39, 0.29) is 5.78 Å². The summed E-state index contributed by atoms with van der Waals surface area (Å²) in [5, 5.41) is 0. The van der Waals surface area contributed by atoms with Crippen LogP contribution in [-0.4, -0.2) is 53.4 Å². The van der Waals surface area contributed by atoms with Crippen molar-refractivity contribution in [2.24, 2.45) is 0 Å². The van der Waals surface area contributed by atoms with Gasteiger partial charge in [-0.15, -0.1) is 0 Å². The number of hydrogen-bond donors (Lipinski definition) is 0. The Labute approximate surface area is 137 Å². The van der Waals surface area contributed by atoms with E-state index in [1.54, 1.807) is 12.4 Å². The molecule has 0 amide bonds. The van der Waals surface area contributed by atoms with Crippen LogP contribution < -0.4 is 4.90 Å². The summed E-state index contributed by atoms with van der Waals surface area (Å²) in [6.45, 7) is 5.01. The van der Waals surface area contributed by atoms with Crippen molar-refractivity contribution in [3.63, 3.8) is 0 Å². The van der Waals surface area contributed by atoms with Crippen molar-refractivity contribution in [3.8, 4) is 0 Å². The van der Waals surface area contributed by atoms with Crippen LogP contribution in [0.15, 0.2) is 48.9 Å². The van der Waals surface area contributed by atoms with E-state index in [2.05, 4.69) is 25.8 Å². The Kier molecular flexibility index (Phi) is 5.32. The van der Waals surface area contributed by atoms with E-state index in [9.17, 15) is 4.79 Å². The molecule has 120 valence electrons. The Morgan fingerprint density at radius 1 is 1.04 bits per heavy atom. The van der Waals surface area contributed by atoms with E-state index in [1.165, 1.54) is 0 Å². The largest absolute Gasteiger partial charge is 0.354 e. The highest BCUT2D eigenvalue weighted by Crippen LogP contribution is 2.13. The van der Waals surface area contributed by atoms with Crippen molar-refractivity contribution in [1.82, 2.24) is 14.9 Å². The highest BCUT2D eigenvalue weighted by Gasteiger charge is 2.17. The summed E-state index contributed by atoms with van der Waals surface area (Å²) in [7, 11) is 0. The molecule has 1 saturated heterocycles. The number of piperazine rings is 1. The average Bonchev–Trinajstić information content (AvgIpc) is 2.64. The number of nitrogens with zero attached hydrogens (tertiary/aromatic N) is 4. The van der Waals surface area contributed by atoms with E-state index in [0.29, 0.717) is 12.0 Å². The second-order valence-corrected chi connectivity index (χ2v) is 5.79. The number of carbonyl (C=O) groups excluding carboxylic acids is 1. The van der Waals surface area contributed by atoms with Crippen LogP contribution in [0.2, 0.25) is 0 Å². The van der Waals surface area contributed by atoms with Crippen LogP contribution in [0.1, 0.15) is 23.2 Å². The van der Waals surface area contributed by atoms with Crippen molar-refractivity contribution in [2.45, 2.75) is 12.8 Å². The molecule has 5 nitrogen and oxygen atoms in total. The number of hydrogen-bond acceptors (Lipinski definition) is 5. The van der Waals surface area contributed by atoms with Crippen LogP contribution in [0.25, 0.3) is 0 Å². The lowest BCUT2D eigenvalue weighted by atomic mass is 10.1. The summed E-state index contributed by atoms with van der Waals surface area (Å²) < 4.78 is 0. The molecular weight excluding hydrogens is 288 g/mol. The van der Waals surface area contributed by atoms with Gasteiger partial charge in [0.15, 0.2) is 5.78 Å². The normalized spacial score (nSPS) is 15.6. The van der Waals surface area contributed by atoms with Crippen LogP contribution >= 0.6 is 0 Å². The molecular formula is C18H22N4O. The van der Waals surface area contributed by atoms with Crippen LogP contribution in [0.3, 0.4) is 0 Å². The number of carbonyl (C=O) groups is 1. The predicted octanol–water partition coefficient (Wildman–Crippen LogP) is 2.26. The minimum atomic E-state index is 0.185. The van der Waals surface area contributed by atoms with E-state index in [4.69, 9.17) is 0 Å². The van der Waals surface area contributed by atoms with Gasteiger partial charge in [-0.2, -0.15) is 0 Å². The van der Waals surface area contributed by atoms with Crippen LogP contribution in [-0.2, 0) is 0 Å². The third-order valence-corrected chi connectivity index (χ3v) is 4.21. The van der Waals surface area contributed by atoms with Crippen molar-refractivity contribution in [2.75, 3.05) is 37.6 Å². The van der Waals surface area contributed by atoms with Crippen molar-refractivity contribution in [1.29, 1.82) is 0 Å². The number of Topliss-reactive ketones (excluding diaryl/α,β-unsaturated/α-hetero) is 1. The summed E-state index contributed by atoms with van der Waals surface area (Å²) in [6.07, 6.45) is 6.67. The first kappa shape index (κ1) is 15.6. The predicted molar refractivity (Wildman–Crippen MR) is 90.7 cm³/mol. The SMILES string of the molecule is O=C(CCCN1CCN(c2ccccn2)CC1)c1cccnc1.